The molecule has 0 aliphatic heterocycles. The van der Waals surface area contributed by atoms with Gasteiger partial charge in [0.15, 0.2) is 0 Å². The standard InChI is InChI=1S/C7H16N2.C2H6.H2/c1-9(2)7(6-8)4-3-5-7;1-2;/h3-6,8H2,1-2H3;1-2H3;1H. The van der Waals surface area contributed by atoms with Gasteiger partial charge in [-0.3, -0.25) is 0 Å². The lowest BCUT2D eigenvalue weighted by Crippen LogP contribution is -2.55. The van der Waals surface area contributed by atoms with Crippen LogP contribution in [0, 0.1) is 0 Å². The normalized spacial score (nSPS) is 20.2. The minimum absolute atomic E-state index is 0. The Balaban J connectivity index is 0. The molecule has 0 amide bonds. The molecule has 1 aliphatic carbocycles. The maximum Gasteiger partial charge on any atom is 0.0325 e. The molecule has 70 valence electrons. The largest absolute Gasteiger partial charge is 0.329 e. The summed E-state index contributed by atoms with van der Waals surface area (Å²) >= 11 is 0. The predicted octanol–water partition coefficient (Wildman–Crippen LogP) is 1.70. The van der Waals surface area contributed by atoms with E-state index in [1.807, 2.05) is 13.8 Å². The highest BCUT2D eigenvalue weighted by Crippen LogP contribution is 2.34. The van der Waals surface area contributed by atoms with Crippen molar-refractivity contribution in [3.8, 4) is 0 Å². The van der Waals surface area contributed by atoms with Crippen LogP contribution in [0.15, 0.2) is 0 Å². The summed E-state index contributed by atoms with van der Waals surface area (Å²) in [7, 11) is 4.23. The highest BCUT2D eigenvalue weighted by Gasteiger charge is 2.37. The molecule has 2 nitrogen and oxygen atoms in total. The van der Waals surface area contributed by atoms with Crippen LogP contribution in [0.5, 0.6) is 0 Å². The van der Waals surface area contributed by atoms with E-state index >= 15 is 0 Å². The molecule has 0 aromatic heterocycles. The zero-order chi connectivity index (χ0) is 8.91. The van der Waals surface area contributed by atoms with Crippen LogP contribution in [-0.4, -0.2) is 31.1 Å². The van der Waals surface area contributed by atoms with Crippen LogP contribution < -0.4 is 5.73 Å². The van der Waals surface area contributed by atoms with Gasteiger partial charge in [-0.05, 0) is 33.4 Å². The van der Waals surface area contributed by atoms with Gasteiger partial charge in [-0.2, -0.15) is 0 Å². The molecule has 0 saturated heterocycles. The third-order valence-corrected chi connectivity index (χ3v) is 2.61. The minimum Gasteiger partial charge on any atom is -0.329 e. The maximum atomic E-state index is 5.63. The average molecular weight is 160 g/mol. The Labute approximate surface area is 72.2 Å². The lowest BCUT2D eigenvalue weighted by molar-refractivity contribution is 0.0695. The monoisotopic (exact) mass is 160 g/mol. The maximum absolute atomic E-state index is 5.63. The van der Waals surface area contributed by atoms with E-state index in [-0.39, 0.29) is 1.43 Å². The van der Waals surface area contributed by atoms with Crippen molar-refractivity contribution in [3.05, 3.63) is 0 Å². The van der Waals surface area contributed by atoms with Crippen molar-refractivity contribution in [2.75, 3.05) is 20.6 Å². The molecule has 1 saturated carbocycles. The molecule has 0 atom stereocenters. The van der Waals surface area contributed by atoms with Crippen molar-refractivity contribution in [1.29, 1.82) is 0 Å². The minimum atomic E-state index is 0. The van der Waals surface area contributed by atoms with Gasteiger partial charge in [0.1, 0.15) is 0 Å². The third-order valence-electron chi connectivity index (χ3n) is 2.61. The van der Waals surface area contributed by atoms with Crippen molar-refractivity contribution in [2.45, 2.75) is 38.6 Å². The van der Waals surface area contributed by atoms with Gasteiger partial charge in [0.2, 0.25) is 0 Å². The molecular weight excluding hydrogens is 136 g/mol. The van der Waals surface area contributed by atoms with Crippen molar-refractivity contribution in [1.82, 2.24) is 4.90 Å². The van der Waals surface area contributed by atoms with E-state index in [2.05, 4.69) is 19.0 Å². The highest BCUT2D eigenvalue weighted by atomic mass is 15.2. The molecule has 0 unspecified atom stereocenters. The van der Waals surface area contributed by atoms with Crippen LogP contribution in [0.1, 0.15) is 34.5 Å². The van der Waals surface area contributed by atoms with E-state index in [0.29, 0.717) is 5.54 Å². The summed E-state index contributed by atoms with van der Waals surface area (Å²) in [5, 5.41) is 0. The summed E-state index contributed by atoms with van der Waals surface area (Å²) < 4.78 is 0. The van der Waals surface area contributed by atoms with Gasteiger partial charge in [-0.15, -0.1) is 0 Å². The predicted molar refractivity (Wildman–Crippen MR) is 52.8 cm³/mol. The quantitative estimate of drug-likeness (QED) is 0.666. The van der Waals surface area contributed by atoms with Gasteiger partial charge in [0.05, 0.1) is 0 Å². The summed E-state index contributed by atoms with van der Waals surface area (Å²) in [5.41, 5.74) is 6.00. The zero-order valence-electron chi connectivity index (χ0n) is 8.35. The van der Waals surface area contributed by atoms with Crippen molar-refractivity contribution in [2.24, 2.45) is 5.73 Å². The molecular formula is C9H24N2. The first-order chi connectivity index (χ1) is 5.21. The molecule has 0 heterocycles. The summed E-state index contributed by atoms with van der Waals surface area (Å²) in [6.07, 6.45) is 3.93. The molecule has 11 heavy (non-hydrogen) atoms. The Morgan fingerprint density at radius 2 is 1.82 bits per heavy atom. The number of hydrogen-bond acceptors (Lipinski definition) is 2. The fourth-order valence-corrected chi connectivity index (χ4v) is 1.42. The molecule has 0 spiro atoms. The fourth-order valence-electron chi connectivity index (χ4n) is 1.42. The van der Waals surface area contributed by atoms with Gasteiger partial charge in [-0.25, -0.2) is 0 Å². The number of hydrogen-bond donors (Lipinski definition) is 1. The van der Waals surface area contributed by atoms with Gasteiger partial charge in [-0.1, -0.05) is 13.8 Å². The second-order valence-electron chi connectivity index (χ2n) is 3.18. The lowest BCUT2D eigenvalue weighted by Gasteiger charge is -2.46. The van der Waals surface area contributed by atoms with Gasteiger partial charge < -0.3 is 10.6 Å². The molecule has 0 aromatic rings. The molecule has 2 heteroatoms. The Bertz CT molecular complexity index is 95.2. The smallest absolute Gasteiger partial charge is 0.0325 e. The van der Waals surface area contributed by atoms with Crippen LogP contribution in [0.4, 0.5) is 0 Å². The first-order valence-electron chi connectivity index (χ1n) is 4.59. The Hall–Kier alpha value is -0.0800. The Morgan fingerprint density at radius 1 is 1.36 bits per heavy atom. The van der Waals surface area contributed by atoms with Crippen LogP contribution in [-0.2, 0) is 0 Å². The van der Waals surface area contributed by atoms with E-state index in [1.54, 1.807) is 0 Å². The van der Waals surface area contributed by atoms with E-state index in [9.17, 15) is 0 Å². The number of likely N-dealkylation sites (N-methyl/N-ethyl adjacent to an activating group) is 1. The van der Waals surface area contributed by atoms with Crippen LogP contribution in [0.25, 0.3) is 0 Å². The third kappa shape index (κ3) is 2.17. The van der Waals surface area contributed by atoms with E-state index < -0.39 is 0 Å². The molecule has 1 rings (SSSR count). The Kier molecular flexibility index (Phi) is 4.69. The van der Waals surface area contributed by atoms with Gasteiger partial charge in [0.25, 0.3) is 0 Å². The van der Waals surface area contributed by atoms with Crippen LogP contribution in [0.2, 0.25) is 0 Å². The van der Waals surface area contributed by atoms with Crippen LogP contribution >= 0.6 is 0 Å². The summed E-state index contributed by atoms with van der Waals surface area (Å²) in [4.78, 5) is 2.26. The van der Waals surface area contributed by atoms with E-state index in [0.717, 1.165) is 6.54 Å². The molecule has 0 bridgehead atoms. The molecule has 2 N–H and O–H groups in total. The van der Waals surface area contributed by atoms with Crippen molar-refractivity contribution < 1.29 is 1.43 Å². The summed E-state index contributed by atoms with van der Waals surface area (Å²) in [6, 6.07) is 0. The SMILES string of the molecule is CC.CN(C)C1(CN)CCC1.[HH]. The van der Waals surface area contributed by atoms with Crippen molar-refractivity contribution >= 4 is 0 Å². The summed E-state index contributed by atoms with van der Waals surface area (Å²) in [6.45, 7) is 4.82. The van der Waals surface area contributed by atoms with Crippen LogP contribution in [0.3, 0.4) is 0 Å². The van der Waals surface area contributed by atoms with E-state index in [1.165, 1.54) is 19.3 Å². The van der Waals surface area contributed by atoms with Gasteiger partial charge in [0, 0.05) is 13.5 Å². The zero-order valence-corrected chi connectivity index (χ0v) is 8.35. The lowest BCUT2D eigenvalue weighted by atomic mass is 9.76. The Morgan fingerprint density at radius 3 is 1.82 bits per heavy atom. The fraction of sp³-hybridized carbons (Fsp3) is 1.00. The average Bonchev–Trinajstić information content (AvgIpc) is 1.90. The molecule has 0 radical (unpaired) electrons. The highest BCUT2D eigenvalue weighted by molar-refractivity contribution is 4.96. The second kappa shape index (κ2) is 4.73. The number of nitrogens with zero attached hydrogens (tertiary/aromatic N) is 1. The van der Waals surface area contributed by atoms with E-state index in [4.69, 9.17) is 5.73 Å². The molecule has 0 aromatic carbocycles. The molecule has 1 aliphatic rings. The number of rotatable bonds is 2. The second-order valence-corrected chi connectivity index (χ2v) is 3.18. The first kappa shape index (κ1) is 10.9. The summed E-state index contributed by atoms with van der Waals surface area (Å²) in [5.74, 6) is 0. The molecule has 1 fully saturated rings. The number of nitrogens with two attached hydrogens (primary N) is 1. The van der Waals surface area contributed by atoms with Crippen molar-refractivity contribution in [3.63, 3.8) is 0 Å². The topological polar surface area (TPSA) is 29.3 Å². The van der Waals surface area contributed by atoms with Gasteiger partial charge >= 0.3 is 0 Å². The first-order valence-corrected chi connectivity index (χ1v) is 4.59.